The van der Waals surface area contributed by atoms with Crippen LogP contribution in [0.5, 0.6) is 0 Å². The van der Waals surface area contributed by atoms with E-state index >= 15 is 0 Å². The van der Waals surface area contributed by atoms with Crippen molar-refractivity contribution in [3.8, 4) is 5.69 Å². The van der Waals surface area contributed by atoms with E-state index in [1.165, 1.54) is 22.9 Å². The van der Waals surface area contributed by atoms with Crippen LogP contribution < -0.4 is 5.56 Å². The van der Waals surface area contributed by atoms with Crippen molar-refractivity contribution in [1.29, 1.82) is 0 Å². The Bertz CT molecular complexity index is 681. The molecule has 0 bridgehead atoms. The Morgan fingerprint density at radius 2 is 2.00 bits per heavy atom. The number of rotatable bonds is 2. The Balaban J connectivity index is 2.70. The van der Waals surface area contributed by atoms with Crippen LogP contribution in [-0.4, -0.2) is 15.6 Å². The summed E-state index contributed by atoms with van der Waals surface area (Å²) >= 11 is 9.28. The molecule has 0 saturated heterocycles. The molecule has 0 atom stereocenters. The molecule has 0 unspecified atom stereocenters. The first-order valence-electron chi connectivity index (χ1n) is 4.90. The van der Waals surface area contributed by atoms with Gasteiger partial charge in [-0.15, -0.1) is 0 Å². The lowest BCUT2D eigenvalue weighted by Crippen LogP contribution is -2.18. The summed E-state index contributed by atoms with van der Waals surface area (Å²) in [5, 5.41) is 9.28. The molecule has 0 spiro atoms. The third kappa shape index (κ3) is 2.47. The van der Waals surface area contributed by atoms with Gasteiger partial charge < -0.3 is 5.11 Å². The minimum atomic E-state index is -1.10. The van der Waals surface area contributed by atoms with Crippen molar-refractivity contribution in [2.75, 3.05) is 0 Å². The highest BCUT2D eigenvalue weighted by Crippen LogP contribution is 2.23. The number of carboxylic acid groups (broad SMARTS) is 1. The number of pyridine rings is 1. The van der Waals surface area contributed by atoms with E-state index in [-0.39, 0.29) is 11.1 Å². The van der Waals surface area contributed by atoms with Gasteiger partial charge in [-0.2, -0.15) is 0 Å². The summed E-state index contributed by atoms with van der Waals surface area (Å²) in [7, 11) is 0. The molecule has 1 N–H and O–H groups in total. The summed E-state index contributed by atoms with van der Waals surface area (Å²) in [5.41, 5.74) is 0.102. The molecule has 6 heteroatoms. The molecule has 0 amide bonds. The molecule has 2 aromatic rings. The largest absolute Gasteiger partial charge is 0.478 e. The fourth-order valence-corrected chi connectivity index (χ4v) is 2.03. The lowest BCUT2D eigenvalue weighted by molar-refractivity contribution is 0.0696. The quantitative estimate of drug-likeness (QED) is 0.922. The second-order valence-corrected chi connectivity index (χ2v) is 4.85. The summed E-state index contributed by atoms with van der Waals surface area (Å²) < 4.78 is 1.95. The Hall–Kier alpha value is -1.59. The van der Waals surface area contributed by atoms with Crippen molar-refractivity contribution in [2.24, 2.45) is 0 Å². The molecular weight excluding hydrogens is 321 g/mol. The fourth-order valence-electron chi connectivity index (χ4n) is 1.47. The van der Waals surface area contributed by atoms with Crippen LogP contribution in [0.4, 0.5) is 0 Å². The normalized spacial score (nSPS) is 10.3. The molecule has 92 valence electrons. The van der Waals surface area contributed by atoms with Crippen LogP contribution in [-0.2, 0) is 0 Å². The summed E-state index contributed by atoms with van der Waals surface area (Å²) in [4.78, 5) is 22.6. The molecule has 1 aromatic carbocycles. The summed E-state index contributed by atoms with van der Waals surface area (Å²) in [6.07, 6.45) is 1.25. The maximum atomic E-state index is 11.8. The van der Waals surface area contributed by atoms with Gasteiger partial charge in [0.05, 0.1) is 16.3 Å². The van der Waals surface area contributed by atoms with Gasteiger partial charge in [0.1, 0.15) is 0 Å². The molecule has 1 aromatic heterocycles. The Morgan fingerprint density at radius 3 is 2.67 bits per heavy atom. The van der Waals surface area contributed by atoms with Gasteiger partial charge in [-0.3, -0.25) is 9.36 Å². The lowest BCUT2D eigenvalue weighted by atomic mass is 10.2. The predicted molar refractivity (Wildman–Crippen MR) is 71.7 cm³/mol. The summed E-state index contributed by atoms with van der Waals surface area (Å²) in [5.74, 6) is -1.10. The van der Waals surface area contributed by atoms with Gasteiger partial charge in [-0.05, 0) is 24.3 Å². The lowest BCUT2D eigenvalue weighted by Gasteiger charge is -2.09. The SMILES string of the molecule is O=C(O)c1ccc(=O)n(-c2cc(Br)ccc2Cl)c1. The number of halogens is 2. The first-order valence-corrected chi connectivity index (χ1v) is 6.07. The molecule has 0 radical (unpaired) electrons. The molecule has 18 heavy (non-hydrogen) atoms. The number of hydrogen-bond donors (Lipinski definition) is 1. The minimum Gasteiger partial charge on any atom is -0.478 e. The highest BCUT2D eigenvalue weighted by molar-refractivity contribution is 9.10. The number of benzene rings is 1. The number of carboxylic acids is 1. The van der Waals surface area contributed by atoms with Gasteiger partial charge in [0.15, 0.2) is 0 Å². The topological polar surface area (TPSA) is 59.3 Å². The van der Waals surface area contributed by atoms with E-state index in [0.29, 0.717) is 10.7 Å². The molecule has 0 fully saturated rings. The fraction of sp³-hybridized carbons (Fsp3) is 0. The Labute approximate surface area is 116 Å². The van der Waals surface area contributed by atoms with Crippen molar-refractivity contribution in [3.05, 3.63) is 61.9 Å². The third-order valence-corrected chi connectivity index (χ3v) is 3.14. The number of nitrogens with zero attached hydrogens (tertiary/aromatic N) is 1. The van der Waals surface area contributed by atoms with Gasteiger partial charge in [0.2, 0.25) is 0 Å². The summed E-state index contributed by atoms with van der Waals surface area (Å²) in [6, 6.07) is 7.46. The number of hydrogen-bond acceptors (Lipinski definition) is 2. The smallest absolute Gasteiger partial charge is 0.337 e. The van der Waals surface area contributed by atoms with Gasteiger partial charge in [-0.25, -0.2) is 4.79 Å². The van der Waals surface area contributed by atoms with Gasteiger partial charge in [0, 0.05) is 16.7 Å². The van der Waals surface area contributed by atoms with E-state index in [2.05, 4.69) is 15.9 Å². The average Bonchev–Trinajstić information content (AvgIpc) is 2.33. The van der Waals surface area contributed by atoms with Crippen molar-refractivity contribution in [3.63, 3.8) is 0 Å². The van der Waals surface area contributed by atoms with Crippen LogP contribution >= 0.6 is 27.5 Å². The van der Waals surface area contributed by atoms with Crippen LogP contribution in [0.25, 0.3) is 5.69 Å². The van der Waals surface area contributed by atoms with E-state index < -0.39 is 5.97 Å². The Kier molecular flexibility index (Phi) is 3.54. The molecule has 0 aliphatic rings. The zero-order valence-corrected chi connectivity index (χ0v) is 11.3. The molecule has 1 heterocycles. The van der Waals surface area contributed by atoms with Crippen molar-refractivity contribution in [2.45, 2.75) is 0 Å². The zero-order valence-electron chi connectivity index (χ0n) is 8.93. The standard InChI is InChI=1S/C12H7BrClNO3/c13-8-2-3-9(14)10(5-8)15-6-7(12(17)18)1-4-11(15)16/h1-6H,(H,17,18). The molecule has 0 saturated carbocycles. The molecule has 0 aliphatic heterocycles. The zero-order chi connectivity index (χ0) is 13.3. The third-order valence-electron chi connectivity index (χ3n) is 2.33. The van der Waals surface area contributed by atoms with E-state index in [0.717, 1.165) is 4.47 Å². The van der Waals surface area contributed by atoms with E-state index in [4.69, 9.17) is 16.7 Å². The number of aromatic nitrogens is 1. The number of carbonyl (C=O) groups is 1. The molecular formula is C12H7BrClNO3. The minimum absolute atomic E-state index is 0.0191. The van der Waals surface area contributed by atoms with Crippen molar-refractivity contribution in [1.82, 2.24) is 4.57 Å². The average molecular weight is 329 g/mol. The maximum Gasteiger partial charge on any atom is 0.337 e. The first kappa shape index (κ1) is 12.9. The Morgan fingerprint density at radius 1 is 1.28 bits per heavy atom. The molecule has 0 aliphatic carbocycles. The van der Waals surface area contributed by atoms with E-state index in [1.807, 2.05) is 0 Å². The van der Waals surface area contributed by atoms with Crippen molar-refractivity contribution < 1.29 is 9.90 Å². The predicted octanol–water partition coefficient (Wildman–Crippen LogP) is 2.95. The second kappa shape index (κ2) is 4.96. The van der Waals surface area contributed by atoms with Crippen LogP contribution in [0, 0.1) is 0 Å². The van der Waals surface area contributed by atoms with E-state index in [1.54, 1.807) is 18.2 Å². The first-order chi connectivity index (χ1) is 8.49. The van der Waals surface area contributed by atoms with Gasteiger partial charge in [0.25, 0.3) is 5.56 Å². The highest BCUT2D eigenvalue weighted by Gasteiger charge is 2.09. The van der Waals surface area contributed by atoms with Crippen LogP contribution in [0.15, 0.2) is 45.8 Å². The second-order valence-electron chi connectivity index (χ2n) is 3.53. The summed E-state index contributed by atoms with van der Waals surface area (Å²) in [6.45, 7) is 0. The van der Waals surface area contributed by atoms with Crippen molar-refractivity contribution >= 4 is 33.5 Å². The van der Waals surface area contributed by atoms with Crippen LogP contribution in [0.3, 0.4) is 0 Å². The maximum absolute atomic E-state index is 11.8. The van der Waals surface area contributed by atoms with Gasteiger partial charge >= 0.3 is 5.97 Å². The monoisotopic (exact) mass is 327 g/mol. The van der Waals surface area contributed by atoms with Gasteiger partial charge in [-0.1, -0.05) is 27.5 Å². The van der Waals surface area contributed by atoms with Crippen LogP contribution in [0.1, 0.15) is 10.4 Å². The molecule has 2 rings (SSSR count). The number of aromatic carboxylic acids is 1. The van der Waals surface area contributed by atoms with E-state index in [9.17, 15) is 9.59 Å². The van der Waals surface area contributed by atoms with Crippen LogP contribution in [0.2, 0.25) is 5.02 Å². The highest BCUT2D eigenvalue weighted by atomic mass is 79.9. The molecule has 4 nitrogen and oxygen atoms in total.